The molecule has 2 aromatic carbocycles. The number of thioether (sulfide) groups is 1. The Bertz CT molecular complexity index is 1030. The van der Waals surface area contributed by atoms with E-state index in [9.17, 15) is 9.59 Å². The van der Waals surface area contributed by atoms with Crippen molar-refractivity contribution in [3.05, 3.63) is 69.6 Å². The van der Waals surface area contributed by atoms with Gasteiger partial charge in [-0.2, -0.15) is 0 Å². The van der Waals surface area contributed by atoms with Crippen LogP contribution >= 0.6 is 35.6 Å². The summed E-state index contributed by atoms with van der Waals surface area (Å²) in [5.41, 5.74) is 2.90. The Balaban J connectivity index is 1.74. The number of hydrogen-bond donors (Lipinski definition) is 0. The van der Waals surface area contributed by atoms with Crippen LogP contribution in [0, 0.1) is 0 Å². The van der Waals surface area contributed by atoms with E-state index in [2.05, 4.69) is 0 Å². The summed E-state index contributed by atoms with van der Waals surface area (Å²) in [6.45, 7) is 2.92. The zero-order chi connectivity index (χ0) is 19.8. The molecular formula is C21H17ClN2O2S2. The van der Waals surface area contributed by atoms with Gasteiger partial charge in [-0.05, 0) is 24.1 Å². The predicted molar refractivity (Wildman–Crippen MR) is 118 cm³/mol. The quantitative estimate of drug-likeness (QED) is 0.514. The Morgan fingerprint density at radius 3 is 2.46 bits per heavy atom. The summed E-state index contributed by atoms with van der Waals surface area (Å²) in [5.74, 6) is -0.382. The van der Waals surface area contributed by atoms with Gasteiger partial charge in [-0.1, -0.05) is 78.9 Å². The molecule has 0 N–H and O–H groups in total. The minimum Gasteiger partial charge on any atom is -0.308 e. The fourth-order valence-electron chi connectivity index (χ4n) is 3.43. The van der Waals surface area contributed by atoms with E-state index in [0.29, 0.717) is 26.4 Å². The molecule has 0 radical (unpaired) electrons. The van der Waals surface area contributed by atoms with E-state index in [4.69, 9.17) is 23.8 Å². The molecule has 4 rings (SSSR count). The number of para-hydroxylation sites is 1. The third-order valence-corrected chi connectivity index (χ3v) is 6.55. The maximum atomic E-state index is 13.2. The van der Waals surface area contributed by atoms with Gasteiger partial charge in [0, 0.05) is 17.1 Å². The molecule has 2 aliphatic heterocycles. The van der Waals surface area contributed by atoms with Gasteiger partial charge in [-0.25, -0.2) is 0 Å². The van der Waals surface area contributed by atoms with Crippen LogP contribution in [0.25, 0.3) is 5.57 Å². The second-order valence-electron chi connectivity index (χ2n) is 6.53. The van der Waals surface area contributed by atoms with E-state index >= 15 is 0 Å². The van der Waals surface area contributed by atoms with Gasteiger partial charge in [0.25, 0.3) is 11.8 Å². The van der Waals surface area contributed by atoms with Crippen LogP contribution in [0.1, 0.15) is 24.5 Å². The van der Waals surface area contributed by atoms with Crippen LogP contribution in [0.2, 0.25) is 5.02 Å². The molecule has 0 unspecified atom stereocenters. The Morgan fingerprint density at radius 1 is 1.00 bits per heavy atom. The van der Waals surface area contributed by atoms with Crippen LogP contribution in [0.15, 0.2) is 53.4 Å². The molecule has 4 nitrogen and oxygen atoms in total. The SMILES string of the molecule is CCCN1C(=O)C(=C2SC(=S)N(Cc3ccccc3Cl)C2=O)c2ccccc21. The zero-order valence-electron chi connectivity index (χ0n) is 15.1. The van der Waals surface area contributed by atoms with Crippen molar-refractivity contribution in [3.8, 4) is 0 Å². The molecule has 2 aliphatic rings. The third-order valence-electron chi connectivity index (χ3n) is 4.73. The molecule has 2 heterocycles. The number of fused-ring (bicyclic) bond motifs is 1. The standard InChI is InChI=1S/C21H17ClN2O2S2/c1-2-11-23-16-10-6-4-8-14(16)17(19(23)25)18-20(26)24(21(27)28-18)12-13-7-3-5-9-15(13)22/h3-10H,2,11-12H2,1H3. The molecule has 28 heavy (non-hydrogen) atoms. The topological polar surface area (TPSA) is 40.6 Å². The van der Waals surface area contributed by atoms with Gasteiger partial charge in [0.15, 0.2) is 0 Å². The number of rotatable bonds is 4. The van der Waals surface area contributed by atoms with Crippen LogP contribution in [0.3, 0.4) is 0 Å². The maximum absolute atomic E-state index is 13.2. The van der Waals surface area contributed by atoms with Crippen molar-refractivity contribution < 1.29 is 9.59 Å². The van der Waals surface area contributed by atoms with Crippen LogP contribution < -0.4 is 4.90 Å². The van der Waals surface area contributed by atoms with Crippen molar-refractivity contribution in [3.63, 3.8) is 0 Å². The molecule has 0 atom stereocenters. The Morgan fingerprint density at radius 2 is 1.71 bits per heavy atom. The maximum Gasteiger partial charge on any atom is 0.267 e. The Hall–Kier alpha value is -2.15. The highest BCUT2D eigenvalue weighted by Crippen LogP contribution is 2.44. The number of amides is 2. The minimum atomic E-state index is -0.244. The Labute approximate surface area is 178 Å². The molecule has 2 aromatic rings. The van der Waals surface area contributed by atoms with E-state index in [1.165, 1.54) is 16.7 Å². The highest BCUT2D eigenvalue weighted by molar-refractivity contribution is 8.26. The van der Waals surface area contributed by atoms with Crippen LogP contribution in [-0.4, -0.2) is 27.6 Å². The molecule has 1 saturated heterocycles. The van der Waals surface area contributed by atoms with Gasteiger partial charge in [-0.15, -0.1) is 0 Å². The van der Waals surface area contributed by atoms with Gasteiger partial charge in [0.1, 0.15) is 4.32 Å². The number of hydrogen-bond acceptors (Lipinski definition) is 4. The van der Waals surface area contributed by atoms with E-state index < -0.39 is 0 Å². The summed E-state index contributed by atoms with van der Waals surface area (Å²) < 4.78 is 0.437. The summed E-state index contributed by atoms with van der Waals surface area (Å²) in [6, 6.07) is 15.0. The Kier molecular flexibility index (Phi) is 5.27. The lowest BCUT2D eigenvalue weighted by atomic mass is 10.1. The summed E-state index contributed by atoms with van der Waals surface area (Å²) in [5, 5.41) is 0.584. The molecule has 0 aliphatic carbocycles. The molecule has 142 valence electrons. The highest BCUT2D eigenvalue weighted by Gasteiger charge is 2.41. The van der Waals surface area contributed by atoms with E-state index in [1.807, 2.05) is 49.4 Å². The van der Waals surface area contributed by atoms with Gasteiger partial charge in [-0.3, -0.25) is 14.5 Å². The number of nitrogens with zero attached hydrogens (tertiary/aromatic N) is 2. The predicted octanol–water partition coefficient (Wildman–Crippen LogP) is 4.87. The molecule has 2 amide bonds. The van der Waals surface area contributed by atoms with Crippen molar-refractivity contribution >= 4 is 63.0 Å². The van der Waals surface area contributed by atoms with Crippen LogP contribution in [-0.2, 0) is 16.1 Å². The molecular weight excluding hydrogens is 412 g/mol. The molecule has 7 heteroatoms. The van der Waals surface area contributed by atoms with Crippen molar-refractivity contribution in [1.82, 2.24) is 4.90 Å². The van der Waals surface area contributed by atoms with Crippen molar-refractivity contribution in [1.29, 1.82) is 0 Å². The normalized spacial score (nSPS) is 19.0. The fraction of sp³-hybridized carbons (Fsp3) is 0.190. The molecule has 0 aromatic heterocycles. The third kappa shape index (κ3) is 3.15. The molecule has 0 bridgehead atoms. The second kappa shape index (κ2) is 7.70. The number of carbonyl (C=O) groups is 2. The number of carbonyl (C=O) groups excluding carboxylic acids is 2. The number of benzene rings is 2. The molecule has 1 fully saturated rings. The summed E-state index contributed by atoms with van der Waals surface area (Å²) in [4.78, 5) is 30.0. The van der Waals surface area contributed by atoms with Crippen molar-refractivity contribution in [2.45, 2.75) is 19.9 Å². The average Bonchev–Trinajstić information content (AvgIpc) is 3.12. The molecule has 0 saturated carbocycles. The minimum absolute atomic E-state index is 0.138. The lowest BCUT2D eigenvalue weighted by molar-refractivity contribution is -0.122. The highest BCUT2D eigenvalue weighted by atomic mass is 35.5. The lowest BCUT2D eigenvalue weighted by Gasteiger charge is -2.16. The van der Waals surface area contributed by atoms with Gasteiger partial charge in [0.2, 0.25) is 0 Å². The van der Waals surface area contributed by atoms with Gasteiger partial charge < -0.3 is 4.90 Å². The van der Waals surface area contributed by atoms with Crippen molar-refractivity contribution in [2.75, 3.05) is 11.4 Å². The average molecular weight is 429 g/mol. The number of anilines is 1. The van der Waals surface area contributed by atoms with E-state index in [1.54, 1.807) is 11.0 Å². The smallest absolute Gasteiger partial charge is 0.267 e. The number of halogens is 1. The first kappa shape index (κ1) is 19.2. The summed E-state index contributed by atoms with van der Waals surface area (Å²) >= 11 is 12.9. The monoisotopic (exact) mass is 428 g/mol. The zero-order valence-corrected chi connectivity index (χ0v) is 17.5. The van der Waals surface area contributed by atoms with Crippen LogP contribution in [0.5, 0.6) is 0 Å². The van der Waals surface area contributed by atoms with E-state index in [0.717, 1.165) is 23.2 Å². The van der Waals surface area contributed by atoms with Gasteiger partial charge in [0.05, 0.1) is 22.7 Å². The van der Waals surface area contributed by atoms with E-state index in [-0.39, 0.29) is 18.4 Å². The first-order valence-corrected chi connectivity index (χ1v) is 10.6. The number of thiocarbonyl (C=S) groups is 1. The summed E-state index contributed by atoms with van der Waals surface area (Å²) in [6.07, 6.45) is 0.834. The van der Waals surface area contributed by atoms with Crippen LogP contribution in [0.4, 0.5) is 5.69 Å². The lowest BCUT2D eigenvalue weighted by Crippen LogP contribution is -2.29. The largest absolute Gasteiger partial charge is 0.308 e. The summed E-state index contributed by atoms with van der Waals surface area (Å²) in [7, 11) is 0. The van der Waals surface area contributed by atoms with Crippen molar-refractivity contribution in [2.24, 2.45) is 0 Å². The second-order valence-corrected chi connectivity index (χ2v) is 8.58. The molecule has 0 spiro atoms. The fourth-order valence-corrected chi connectivity index (χ4v) is 4.95. The first-order chi connectivity index (χ1) is 13.5. The van der Waals surface area contributed by atoms with Gasteiger partial charge >= 0.3 is 0 Å². The first-order valence-electron chi connectivity index (χ1n) is 8.95.